The summed E-state index contributed by atoms with van der Waals surface area (Å²) in [5.74, 6) is -1.36. The number of carbonyl (C=O) groups excluding carboxylic acids is 1. The van der Waals surface area contributed by atoms with Crippen LogP contribution in [-0.4, -0.2) is 54.8 Å². The summed E-state index contributed by atoms with van der Waals surface area (Å²) in [4.78, 5) is 11.9. The van der Waals surface area contributed by atoms with Crippen LogP contribution in [0.1, 0.15) is 66.2 Å². The molecule has 2 fully saturated rings. The molecule has 198 valence electrons. The monoisotopic (exact) mass is 626 g/mol. The molecule has 2 aliphatic rings. The fourth-order valence-electron chi connectivity index (χ4n) is 4.10. The first kappa shape index (κ1) is 29.6. The van der Waals surface area contributed by atoms with Crippen LogP contribution in [0.3, 0.4) is 0 Å². The standard InChI is InChI=1S/C22H34F3IO7S/c1-14(15(2)33-34(28,29)22(23,24)25)11-16-8-9-18-21(13-26,32-16)12-17(31-18)7-6-10-30-19(27)20(3,4)5/h14,16-18H,2,6-13H2,1,3-5H3/t14-,16?,17+,18+,21-/m1/s1. The molecule has 0 saturated carbocycles. The molecule has 2 heterocycles. The Labute approximate surface area is 213 Å². The van der Waals surface area contributed by atoms with Crippen molar-refractivity contribution in [1.82, 2.24) is 0 Å². The van der Waals surface area contributed by atoms with Crippen LogP contribution in [0, 0.1) is 11.3 Å². The molecule has 0 amide bonds. The highest BCUT2D eigenvalue weighted by Gasteiger charge is 2.53. The first-order valence-electron chi connectivity index (χ1n) is 11.3. The molecule has 0 aromatic heterocycles. The average Bonchev–Trinajstić information content (AvgIpc) is 3.07. The normalized spacial score (nSPS) is 28.8. The maximum Gasteiger partial charge on any atom is 0.534 e. The zero-order valence-electron chi connectivity index (χ0n) is 20.0. The second-order valence-electron chi connectivity index (χ2n) is 10.1. The smallest absolute Gasteiger partial charge is 0.465 e. The molecule has 0 aliphatic carbocycles. The predicted octanol–water partition coefficient (Wildman–Crippen LogP) is 5.27. The molecule has 12 heteroatoms. The van der Waals surface area contributed by atoms with Crippen molar-refractivity contribution in [2.45, 2.75) is 95.6 Å². The first-order valence-corrected chi connectivity index (χ1v) is 14.2. The summed E-state index contributed by atoms with van der Waals surface area (Å²) in [6.07, 6.45) is 3.27. The number of hydrogen-bond donors (Lipinski definition) is 0. The van der Waals surface area contributed by atoms with E-state index in [1.165, 1.54) is 0 Å². The molecule has 5 atom stereocenters. The van der Waals surface area contributed by atoms with Crippen molar-refractivity contribution < 1.29 is 44.8 Å². The highest BCUT2D eigenvalue weighted by molar-refractivity contribution is 14.1. The van der Waals surface area contributed by atoms with Gasteiger partial charge in [0.25, 0.3) is 0 Å². The molecule has 0 N–H and O–H groups in total. The Morgan fingerprint density at radius 2 is 1.88 bits per heavy atom. The van der Waals surface area contributed by atoms with Crippen LogP contribution >= 0.6 is 22.6 Å². The Morgan fingerprint density at radius 1 is 1.24 bits per heavy atom. The minimum Gasteiger partial charge on any atom is -0.465 e. The Balaban J connectivity index is 1.88. The van der Waals surface area contributed by atoms with Gasteiger partial charge in [0.2, 0.25) is 0 Å². The topological polar surface area (TPSA) is 88.1 Å². The second kappa shape index (κ2) is 11.2. The molecule has 0 spiro atoms. The fourth-order valence-corrected chi connectivity index (χ4v) is 5.62. The molecule has 2 rings (SSSR count). The van der Waals surface area contributed by atoms with Crippen LogP contribution in [0.5, 0.6) is 0 Å². The number of esters is 1. The number of halogens is 4. The molecular formula is C22H34F3IO7S. The van der Waals surface area contributed by atoms with E-state index in [0.717, 1.165) is 12.8 Å². The van der Waals surface area contributed by atoms with E-state index in [1.807, 2.05) is 0 Å². The van der Waals surface area contributed by atoms with Gasteiger partial charge in [0.15, 0.2) is 0 Å². The van der Waals surface area contributed by atoms with Gasteiger partial charge in [-0.3, -0.25) is 4.79 Å². The minimum atomic E-state index is -5.74. The molecule has 0 aromatic carbocycles. The van der Waals surface area contributed by atoms with Crippen molar-refractivity contribution in [2.75, 3.05) is 11.0 Å². The summed E-state index contributed by atoms with van der Waals surface area (Å²) in [6.45, 7) is 10.7. The van der Waals surface area contributed by atoms with Crippen LogP contribution in [0.25, 0.3) is 0 Å². The first-order chi connectivity index (χ1) is 15.5. The number of hydrogen-bond acceptors (Lipinski definition) is 7. The van der Waals surface area contributed by atoms with Gasteiger partial charge in [0.05, 0.1) is 30.3 Å². The van der Waals surface area contributed by atoms with Gasteiger partial charge in [-0.25, -0.2) is 0 Å². The van der Waals surface area contributed by atoms with Crippen molar-refractivity contribution in [1.29, 1.82) is 0 Å². The predicted molar refractivity (Wildman–Crippen MR) is 128 cm³/mol. The largest absolute Gasteiger partial charge is 0.534 e. The van der Waals surface area contributed by atoms with Crippen molar-refractivity contribution in [3.8, 4) is 0 Å². The number of rotatable bonds is 10. The lowest BCUT2D eigenvalue weighted by atomic mass is 9.86. The lowest BCUT2D eigenvalue weighted by molar-refractivity contribution is -0.156. The molecular weight excluding hydrogens is 592 g/mol. The molecule has 1 unspecified atom stereocenters. The molecule has 34 heavy (non-hydrogen) atoms. The van der Waals surface area contributed by atoms with Crippen LogP contribution < -0.4 is 0 Å². The third kappa shape index (κ3) is 7.45. The van der Waals surface area contributed by atoms with Crippen LogP contribution in [0.15, 0.2) is 12.3 Å². The van der Waals surface area contributed by atoms with Gasteiger partial charge in [-0.15, -0.1) is 0 Å². The van der Waals surface area contributed by atoms with E-state index in [9.17, 15) is 26.4 Å². The molecule has 2 saturated heterocycles. The Morgan fingerprint density at radius 3 is 2.44 bits per heavy atom. The number of alkyl halides is 4. The van der Waals surface area contributed by atoms with Crippen molar-refractivity contribution in [2.24, 2.45) is 11.3 Å². The highest BCUT2D eigenvalue weighted by atomic mass is 127. The van der Waals surface area contributed by atoms with Crippen LogP contribution in [0.2, 0.25) is 0 Å². The van der Waals surface area contributed by atoms with E-state index in [4.69, 9.17) is 14.2 Å². The summed E-state index contributed by atoms with van der Waals surface area (Å²) >= 11 is 2.25. The summed E-state index contributed by atoms with van der Waals surface area (Å²) < 4.78 is 83.0. The zero-order valence-corrected chi connectivity index (χ0v) is 22.9. The second-order valence-corrected chi connectivity index (χ2v) is 12.4. The van der Waals surface area contributed by atoms with Gasteiger partial charge in [0.1, 0.15) is 11.4 Å². The lowest BCUT2D eigenvalue weighted by Crippen LogP contribution is -2.50. The van der Waals surface area contributed by atoms with Gasteiger partial charge in [0, 0.05) is 16.8 Å². The molecule has 0 bridgehead atoms. The number of fused-ring (bicyclic) bond motifs is 1. The quantitative estimate of drug-likeness (QED) is 0.0621. The van der Waals surface area contributed by atoms with Crippen molar-refractivity contribution in [3.05, 3.63) is 12.3 Å². The zero-order chi connectivity index (χ0) is 25.9. The van der Waals surface area contributed by atoms with E-state index in [-0.39, 0.29) is 30.7 Å². The fraction of sp³-hybridized carbons (Fsp3) is 0.864. The molecule has 7 nitrogen and oxygen atoms in total. The summed E-state index contributed by atoms with van der Waals surface area (Å²) in [7, 11) is -5.74. The minimum absolute atomic E-state index is 0.0421. The summed E-state index contributed by atoms with van der Waals surface area (Å²) in [5, 5.41) is 0. The van der Waals surface area contributed by atoms with E-state index in [0.29, 0.717) is 30.3 Å². The third-order valence-electron chi connectivity index (χ3n) is 6.08. The Hall–Kier alpha value is -0.600. The maximum absolute atomic E-state index is 12.6. The lowest BCUT2D eigenvalue weighted by Gasteiger charge is -2.41. The van der Waals surface area contributed by atoms with Crippen molar-refractivity contribution in [3.63, 3.8) is 0 Å². The average molecular weight is 626 g/mol. The van der Waals surface area contributed by atoms with Crippen molar-refractivity contribution >= 4 is 38.7 Å². The van der Waals surface area contributed by atoms with Gasteiger partial charge >= 0.3 is 21.6 Å². The number of carbonyl (C=O) groups is 1. The Bertz CT molecular complexity index is 840. The summed E-state index contributed by atoms with van der Waals surface area (Å²) in [6, 6.07) is 0. The molecule has 0 radical (unpaired) electrons. The van der Waals surface area contributed by atoms with Crippen LogP contribution in [0.4, 0.5) is 13.2 Å². The van der Waals surface area contributed by atoms with Crippen LogP contribution in [-0.2, 0) is 33.3 Å². The number of allylic oxidation sites excluding steroid dienone is 1. The third-order valence-corrected chi connectivity index (χ3v) is 8.37. The van der Waals surface area contributed by atoms with E-state index in [2.05, 4.69) is 33.4 Å². The van der Waals surface area contributed by atoms with Gasteiger partial charge < -0.3 is 18.4 Å². The SMILES string of the molecule is C=C(OS(=O)(=O)C(F)(F)F)[C@H](C)CC1CC[C@@H]2O[C@@H](CCCOC(=O)C(C)(C)C)C[C@]2(CI)O1. The highest BCUT2D eigenvalue weighted by Crippen LogP contribution is 2.45. The number of ether oxygens (including phenoxy) is 3. The van der Waals surface area contributed by atoms with E-state index in [1.54, 1.807) is 27.7 Å². The molecule has 2 aliphatic heterocycles. The van der Waals surface area contributed by atoms with E-state index < -0.39 is 38.3 Å². The van der Waals surface area contributed by atoms with Gasteiger partial charge in [-0.05, 0) is 52.9 Å². The van der Waals surface area contributed by atoms with Gasteiger partial charge in [-0.1, -0.05) is 36.1 Å². The Kier molecular flexibility index (Phi) is 9.76. The summed E-state index contributed by atoms with van der Waals surface area (Å²) in [5.41, 5.74) is -6.57. The molecule has 0 aromatic rings. The maximum atomic E-state index is 12.6. The van der Waals surface area contributed by atoms with Gasteiger partial charge in [-0.2, -0.15) is 21.6 Å². The van der Waals surface area contributed by atoms with E-state index >= 15 is 0 Å².